The van der Waals surface area contributed by atoms with Crippen LogP contribution in [0.2, 0.25) is 0 Å². The number of carbonyl (C=O) groups is 1. The first-order valence-corrected chi connectivity index (χ1v) is 8.56. The third kappa shape index (κ3) is 4.40. The van der Waals surface area contributed by atoms with Crippen LogP contribution < -0.4 is 10.6 Å². The number of aryl methyl sites for hydroxylation is 1. The first kappa shape index (κ1) is 18.4. The molecule has 2 N–H and O–H groups in total. The third-order valence-corrected chi connectivity index (χ3v) is 4.11. The molecule has 27 heavy (non-hydrogen) atoms. The van der Waals surface area contributed by atoms with Crippen LogP contribution in [0.1, 0.15) is 23.9 Å². The molecule has 0 aliphatic rings. The lowest BCUT2D eigenvalue weighted by Crippen LogP contribution is -2.35. The molecule has 2 aromatic heterocycles. The van der Waals surface area contributed by atoms with E-state index in [1.54, 1.807) is 26.2 Å². The summed E-state index contributed by atoms with van der Waals surface area (Å²) >= 11 is 0. The van der Waals surface area contributed by atoms with E-state index in [-0.39, 0.29) is 11.9 Å². The molecule has 6 heteroatoms. The second-order valence-electron chi connectivity index (χ2n) is 6.00. The zero-order chi connectivity index (χ0) is 19.2. The van der Waals surface area contributed by atoms with Crippen molar-refractivity contribution >= 4 is 11.7 Å². The minimum atomic E-state index is -0.328. The van der Waals surface area contributed by atoms with Crippen molar-refractivity contribution in [2.75, 3.05) is 12.4 Å². The van der Waals surface area contributed by atoms with E-state index < -0.39 is 0 Å². The van der Waals surface area contributed by atoms with Crippen molar-refractivity contribution in [1.29, 1.82) is 0 Å². The zero-order valence-corrected chi connectivity index (χ0v) is 15.4. The monoisotopic (exact) mass is 360 g/mol. The minimum Gasteiger partial charge on any atom is -0.361 e. The highest BCUT2D eigenvalue weighted by molar-refractivity contribution is 5.94. The number of amides is 1. The van der Waals surface area contributed by atoms with Crippen molar-refractivity contribution in [3.05, 3.63) is 65.7 Å². The lowest BCUT2D eigenvalue weighted by molar-refractivity contribution is -0.117. The summed E-state index contributed by atoms with van der Waals surface area (Å²) in [5.41, 5.74) is 3.05. The summed E-state index contributed by atoms with van der Waals surface area (Å²) in [5.74, 6) is 7.17. The van der Waals surface area contributed by atoms with Gasteiger partial charge >= 0.3 is 0 Å². The quantitative estimate of drug-likeness (QED) is 0.699. The molecule has 1 amide bonds. The molecule has 0 spiro atoms. The fourth-order valence-electron chi connectivity index (χ4n) is 2.42. The number of nitrogens with zero attached hydrogens (tertiary/aromatic N) is 2. The van der Waals surface area contributed by atoms with E-state index in [1.165, 1.54) is 0 Å². The number of benzene rings is 1. The predicted molar refractivity (Wildman–Crippen MR) is 104 cm³/mol. The molecule has 0 aliphatic heterocycles. The summed E-state index contributed by atoms with van der Waals surface area (Å²) in [6.07, 6.45) is 1.64. The largest absolute Gasteiger partial charge is 0.361 e. The molecule has 1 unspecified atom stereocenters. The molecule has 0 bridgehead atoms. The van der Waals surface area contributed by atoms with Gasteiger partial charge in [0.05, 0.1) is 12.2 Å². The van der Waals surface area contributed by atoms with Crippen molar-refractivity contribution in [2.45, 2.75) is 19.9 Å². The Bertz CT molecular complexity index is 1000. The van der Waals surface area contributed by atoms with Gasteiger partial charge in [-0.15, -0.1) is 0 Å². The molecule has 0 aliphatic carbocycles. The Labute approximate surface area is 158 Å². The fraction of sp³-hybridized carbons (Fsp3) is 0.190. The van der Waals surface area contributed by atoms with Crippen molar-refractivity contribution in [1.82, 2.24) is 15.5 Å². The zero-order valence-electron chi connectivity index (χ0n) is 15.4. The van der Waals surface area contributed by atoms with Gasteiger partial charge in [-0.25, -0.2) is 4.98 Å². The average Bonchev–Trinajstić information content (AvgIpc) is 3.12. The molecular formula is C21H20N4O2. The number of hydrogen-bond donors (Lipinski definition) is 2. The van der Waals surface area contributed by atoms with Crippen LogP contribution in [-0.4, -0.2) is 29.1 Å². The molecule has 2 heterocycles. The Balaban J connectivity index is 2.01. The van der Waals surface area contributed by atoms with Gasteiger partial charge in [-0.1, -0.05) is 29.3 Å². The SMILES string of the molecule is CNC(C)C(=O)Nc1ccc(-c2cnoc2C)c(C#Cc2ccccc2)n1. The van der Waals surface area contributed by atoms with Crippen molar-refractivity contribution in [2.24, 2.45) is 0 Å². The molecule has 0 saturated carbocycles. The maximum absolute atomic E-state index is 12.1. The highest BCUT2D eigenvalue weighted by atomic mass is 16.5. The predicted octanol–water partition coefficient (Wildman–Crippen LogP) is 2.99. The Hall–Kier alpha value is -3.43. The molecule has 0 saturated heterocycles. The highest BCUT2D eigenvalue weighted by Crippen LogP contribution is 2.26. The van der Waals surface area contributed by atoms with Crippen molar-refractivity contribution < 1.29 is 9.32 Å². The average molecular weight is 360 g/mol. The van der Waals surface area contributed by atoms with Gasteiger partial charge < -0.3 is 15.2 Å². The normalized spacial score (nSPS) is 11.4. The van der Waals surface area contributed by atoms with E-state index in [9.17, 15) is 4.79 Å². The summed E-state index contributed by atoms with van der Waals surface area (Å²) in [7, 11) is 1.73. The Morgan fingerprint density at radius 2 is 1.89 bits per heavy atom. The Morgan fingerprint density at radius 1 is 1.11 bits per heavy atom. The van der Waals surface area contributed by atoms with Crippen LogP contribution in [0.5, 0.6) is 0 Å². The third-order valence-electron chi connectivity index (χ3n) is 4.11. The van der Waals surface area contributed by atoms with E-state index in [0.717, 1.165) is 16.7 Å². The van der Waals surface area contributed by atoms with E-state index >= 15 is 0 Å². The fourth-order valence-corrected chi connectivity index (χ4v) is 2.42. The number of pyridine rings is 1. The number of carbonyl (C=O) groups excluding carboxylic acids is 1. The molecule has 136 valence electrons. The summed E-state index contributed by atoms with van der Waals surface area (Å²) in [5, 5.41) is 9.53. The Morgan fingerprint density at radius 3 is 2.56 bits per heavy atom. The first-order chi connectivity index (χ1) is 13.1. The van der Waals surface area contributed by atoms with Crippen LogP contribution >= 0.6 is 0 Å². The van der Waals surface area contributed by atoms with Crippen molar-refractivity contribution in [3.63, 3.8) is 0 Å². The van der Waals surface area contributed by atoms with Gasteiger partial charge in [0.15, 0.2) is 0 Å². The van der Waals surface area contributed by atoms with E-state index in [4.69, 9.17) is 4.52 Å². The molecule has 0 fully saturated rings. The van der Waals surface area contributed by atoms with Crippen LogP contribution in [0.4, 0.5) is 5.82 Å². The maximum atomic E-state index is 12.1. The van der Waals surface area contributed by atoms with Gasteiger partial charge in [0, 0.05) is 16.7 Å². The molecule has 1 atom stereocenters. The van der Waals surface area contributed by atoms with Crippen LogP contribution in [-0.2, 0) is 4.79 Å². The first-order valence-electron chi connectivity index (χ1n) is 8.56. The standard InChI is InChI=1S/C21H20N4O2/c1-14(22-3)21(26)25-20-12-10-17(18-13-23-27-15(18)2)19(24-20)11-9-16-7-5-4-6-8-16/h4-8,10,12-14,22H,1-3H3,(H,24,25,26). The summed E-state index contributed by atoms with van der Waals surface area (Å²) < 4.78 is 5.17. The summed E-state index contributed by atoms with van der Waals surface area (Å²) in [6, 6.07) is 12.9. The van der Waals surface area contributed by atoms with Gasteiger partial charge in [0.2, 0.25) is 5.91 Å². The van der Waals surface area contributed by atoms with E-state index in [2.05, 4.69) is 32.6 Å². The summed E-state index contributed by atoms with van der Waals surface area (Å²) in [6.45, 7) is 3.61. The second-order valence-corrected chi connectivity index (χ2v) is 6.00. The number of nitrogens with one attached hydrogen (secondary N) is 2. The molecule has 3 aromatic rings. The van der Waals surface area contributed by atoms with Gasteiger partial charge in [-0.05, 0) is 51.1 Å². The molecular weight excluding hydrogens is 340 g/mol. The van der Waals surface area contributed by atoms with E-state index in [1.807, 2.05) is 43.3 Å². The minimum absolute atomic E-state index is 0.166. The summed E-state index contributed by atoms with van der Waals surface area (Å²) in [4.78, 5) is 16.7. The topological polar surface area (TPSA) is 80.0 Å². The number of anilines is 1. The smallest absolute Gasteiger partial charge is 0.242 e. The lowest BCUT2D eigenvalue weighted by Gasteiger charge is -2.11. The van der Waals surface area contributed by atoms with Gasteiger partial charge in [-0.3, -0.25) is 4.79 Å². The van der Waals surface area contributed by atoms with Crippen LogP contribution in [0.25, 0.3) is 11.1 Å². The number of aromatic nitrogens is 2. The molecule has 0 radical (unpaired) electrons. The molecule has 3 rings (SSSR count). The van der Waals surface area contributed by atoms with Gasteiger partial charge in [-0.2, -0.15) is 0 Å². The van der Waals surface area contributed by atoms with Gasteiger partial charge in [0.25, 0.3) is 0 Å². The number of rotatable bonds is 4. The van der Waals surface area contributed by atoms with Crippen LogP contribution in [0.15, 0.2) is 53.2 Å². The van der Waals surface area contributed by atoms with Crippen LogP contribution in [0.3, 0.4) is 0 Å². The van der Waals surface area contributed by atoms with Crippen molar-refractivity contribution in [3.8, 4) is 23.0 Å². The Kier molecular flexibility index (Phi) is 5.64. The van der Waals surface area contributed by atoms with Crippen LogP contribution in [0, 0.1) is 18.8 Å². The number of hydrogen-bond acceptors (Lipinski definition) is 5. The van der Waals surface area contributed by atoms with E-state index in [0.29, 0.717) is 17.3 Å². The van der Waals surface area contributed by atoms with Gasteiger partial charge in [0.1, 0.15) is 17.3 Å². The maximum Gasteiger partial charge on any atom is 0.242 e. The highest BCUT2D eigenvalue weighted by Gasteiger charge is 2.15. The molecule has 1 aromatic carbocycles. The lowest BCUT2D eigenvalue weighted by atomic mass is 10.0. The second kappa shape index (κ2) is 8.30. The molecule has 6 nitrogen and oxygen atoms in total. The number of likely N-dealkylation sites (N-methyl/N-ethyl adjacent to an activating group) is 1.